The molecule has 0 fully saturated rings. The molecule has 2 heterocycles. The number of benzene rings is 2. The Morgan fingerprint density at radius 1 is 1.18 bits per heavy atom. The molecular weight excluding hydrogens is 356 g/mol. The summed E-state index contributed by atoms with van der Waals surface area (Å²) in [6.07, 6.45) is 4.17. The normalized spacial score (nSPS) is 15.4. The average molecular weight is 378 g/mol. The van der Waals surface area contributed by atoms with Gasteiger partial charge in [-0.25, -0.2) is 0 Å². The lowest BCUT2D eigenvalue weighted by Gasteiger charge is -2.25. The number of hydrogen-bond donors (Lipinski definition) is 1. The lowest BCUT2D eigenvalue weighted by atomic mass is 9.99. The molecule has 0 aliphatic carbocycles. The number of ether oxygens (including phenoxy) is 2. The molecular formula is C21H22N4O3. The summed E-state index contributed by atoms with van der Waals surface area (Å²) in [7, 11) is 0. The van der Waals surface area contributed by atoms with E-state index < -0.39 is 6.10 Å². The molecule has 1 N–H and O–H groups in total. The van der Waals surface area contributed by atoms with Gasteiger partial charge in [0.1, 0.15) is 6.61 Å². The number of aryl methyl sites for hydroxylation is 1. The van der Waals surface area contributed by atoms with E-state index in [1.165, 1.54) is 24.8 Å². The maximum Gasteiger partial charge on any atom is 0.218 e. The Balaban J connectivity index is 1.52. The molecule has 0 saturated heterocycles. The van der Waals surface area contributed by atoms with Gasteiger partial charge >= 0.3 is 0 Å². The third kappa shape index (κ3) is 3.74. The fourth-order valence-corrected chi connectivity index (χ4v) is 3.27. The van der Waals surface area contributed by atoms with E-state index in [-0.39, 0.29) is 12.4 Å². The molecule has 0 bridgehead atoms. The van der Waals surface area contributed by atoms with E-state index in [9.17, 15) is 4.79 Å². The standard InChI is InChI=1S/C21H22N4O3/c1-2-3-4-6-14-9-11-15(12-10-14)19(26)16-7-5-8-17-20(16)27-13-18(28-17)21-22-24-25-23-21/h5,7-12,18H,2-4,6,13H2,1H3,(H,22,23,24,25). The van der Waals surface area contributed by atoms with Crippen molar-refractivity contribution in [3.05, 3.63) is 65.0 Å². The zero-order valence-corrected chi connectivity index (χ0v) is 15.7. The van der Waals surface area contributed by atoms with Gasteiger partial charge in [0.15, 0.2) is 23.4 Å². The summed E-state index contributed by atoms with van der Waals surface area (Å²) < 4.78 is 11.8. The molecule has 4 rings (SSSR count). The van der Waals surface area contributed by atoms with E-state index in [4.69, 9.17) is 9.47 Å². The van der Waals surface area contributed by atoms with Crippen molar-refractivity contribution in [2.24, 2.45) is 0 Å². The minimum atomic E-state index is -0.459. The molecule has 1 aromatic heterocycles. The largest absolute Gasteiger partial charge is 0.485 e. The number of carbonyl (C=O) groups excluding carboxylic acids is 1. The quantitative estimate of drug-likeness (QED) is 0.498. The van der Waals surface area contributed by atoms with Crippen molar-refractivity contribution in [2.75, 3.05) is 6.61 Å². The van der Waals surface area contributed by atoms with Gasteiger partial charge in [-0.3, -0.25) is 4.79 Å². The van der Waals surface area contributed by atoms with E-state index >= 15 is 0 Å². The van der Waals surface area contributed by atoms with Crippen LogP contribution in [0, 0.1) is 0 Å². The molecule has 1 aliphatic heterocycles. The Bertz CT molecular complexity index is 939. The summed E-state index contributed by atoms with van der Waals surface area (Å²) in [5.41, 5.74) is 2.38. The molecule has 3 aromatic rings. The fourth-order valence-electron chi connectivity index (χ4n) is 3.27. The van der Waals surface area contributed by atoms with Crippen LogP contribution in [0.4, 0.5) is 0 Å². The van der Waals surface area contributed by atoms with Gasteiger partial charge in [-0.15, -0.1) is 10.2 Å². The summed E-state index contributed by atoms with van der Waals surface area (Å²) in [5, 5.41) is 13.8. The molecule has 28 heavy (non-hydrogen) atoms. The number of unbranched alkanes of at least 4 members (excludes halogenated alkanes) is 2. The molecule has 0 saturated carbocycles. The van der Waals surface area contributed by atoms with Crippen molar-refractivity contribution in [3.63, 3.8) is 0 Å². The predicted octanol–water partition coefficient (Wildman–Crippen LogP) is 3.68. The Morgan fingerprint density at radius 3 is 2.79 bits per heavy atom. The van der Waals surface area contributed by atoms with Crippen LogP contribution in [-0.4, -0.2) is 33.0 Å². The number of H-pyrrole nitrogens is 1. The second-order valence-electron chi connectivity index (χ2n) is 6.80. The number of carbonyl (C=O) groups is 1. The van der Waals surface area contributed by atoms with Crippen molar-refractivity contribution < 1.29 is 14.3 Å². The van der Waals surface area contributed by atoms with Gasteiger partial charge in [-0.1, -0.05) is 55.3 Å². The Morgan fingerprint density at radius 2 is 2.04 bits per heavy atom. The third-order valence-corrected chi connectivity index (χ3v) is 4.81. The van der Waals surface area contributed by atoms with Gasteiger partial charge in [0.25, 0.3) is 0 Å². The van der Waals surface area contributed by atoms with E-state index in [0.29, 0.717) is 28.5 Å². The number of tetrazole rings is 1. The van der Waals surface area contributed by atoms with Crippen molar-refractivity contribution in [2.45, 2.75) is 38.7 Å². The number of rotatable bonds is 7. The highest BCUT2D eigenvalue weighted by Gasteiger charge is 2.29. The van der Waals surface area contributed by atoms with E-state index in [1.807, 2.05) is 24.3 Å². The smallest absolute Gasteiger partial charge is 0.218 e. The molecule has 144 valence electrons. The van der Waals surface area contributed by atoms with Gasteiger partial charge in [-0.2, -0.15) is 5.21 Å². The number of hydrogen-bond acceptors (Lipinski definition) is 6. The van der Waals surface area contributed by atoms with Crippen LogP contribution < -0.4 is 9.47 Å². The SMILES string of the molecule is CCCCCc1ccc(C(=O)c2cccc3c2OCC(c2nn[nH]n2)O3)cc1. The number of nitrogens with one attached hydrogen (secondary N) is 1. The van der Waals surface area contributed by atoms with Crippen molar-refractivity contribution in [1.29, 1.82) is 0 Å². The second kappa shape index (κ2) is 8.21. The number of aromatic amines is 1. The van der Waals surface area contributed by atoms with Crippen molar-refractivity contribution in [3.8, 4) is 11.5 Å². The van der Waals surface area contributed by atoms with Crippen LogP contribution in [0.5, 0.6) is 11.5 Å². The maximum absolute atomic E-state index is 13.0. The first-order chi connectivity index (χ1) is 13.8. The van der Waals surface area contributed by atoms with Crippen LogP contribution in [0.15, 0.2) is 42.5 Å². The third-order valence-electron chi connectivity index (χ3n) is 4.81. The van der Waals surface area contributed by atoms with Crippen LogP contribution in [0.25, 0.3) is 0 Å². The first kappa shape index (κ1) is 18.2. The van der Waals surface area contributed by atoms with Crippen LogP contribution in [0.2, 0.25) is 0 Å². The van der Waals surface area contributed by atoms with Gasteiger partial charge in [0, 0.05) is 5.56 Å². The second-order valence-corrected chi connectivity index (χ2v) is 6.80. The summed E-state index contributed by atoms with van der Waals surface area (Å²) >= 11 is 0. The summed E-state index contributed by atoms with van der Waals surface area (Å²) in [4.78, 5) is 13.0. The van der Waals surface area contributed by atoms with E-state index in [0.717, 1.165) is 6.42 Å². The molecule has 0 radical (unpaired) electrons. The maximum atomic E-state index is 13.0. The first-order valence-electron chi connectivity index (χ1n) is 9.55. The van der Waals surface area contributed by atoms with Crippen molar-refractivity contribution in [1.82, 2.24) is 20.6 Å². The average Bonchev–Trinajstić information content (AvgIpc) is 3.28. The summed E-state index contributed by atoms with van der Waals surface area (Å²) in [6, 6.07) is 13.1. The van der Waals surface area contributed by atoms with Gasteiger partial charge in [0.05, 0.1) is 5.56 Å². The lowest BCUT2D eigenvalue weighted by molar-refractivity contribution is 0.0821. The number of nitrogens with zero attached hydrogens (tertiary/aromatic N) is 3. The molecule has 1 unspecified atom stereocenters. The number of fused-ring (bicyclic) bond motifs is 1. The Hall–Kier alpha value is -3.22. The van der Waals surface area contributed by atoms with Crippen LogP contribution in [0.3, 0.4) is 0 Å². The molecule has 7 heteroatoms. The van der Waals surface area contributed by atoms with Crippen LogP contribution in [0.1, 0.15) is 59.6 Å². The fraction of sp³-hybridized carbons (Fsp3) is 0.333. The topological polar surface area (TPSA) is 90.0 Å². The molecule has 1 atom stereocenters. The van der Waals surface area contributed by atoms with E-state index in [2.05, 4.69) is 27.5 Å². The summed E-state index contributed by atoms with van der Waals surface area (Å²) in [6.45, 7) is 2.41. The van der Waals surface area contributed by atoms with Gasteiger partial charge < -0.3 is 9.47 Å². The van der Waals surface area contributed by atoms with Crippen LogP contribution >= 0.6 is 0 Å². The predicted molar refractivity (Wildman–Crippen MR) is 103 cm³/mol. The van der Waals surface area contributed by atoms with Gasteiger partial charge in [-0.05, 0) is 30.5 Å². The summed E-state index contributed by atoms with van der Waals surface area (Å²) in [5.74, 6) is 1.29. The lowest BCUT2D eigenvalue weighted by Crippen LogP contribution is -2.24. The number of ketones is 1. The Kier molecular flexibility index (Phi) is 5.32. The molecule has 7 nitrogen and oxygen atoms in total. The van der Waals surface area contributed by atoms with Gasteiger partial charge in [0.2, 0.25) is 5.82 Å². The zero-order chi connectivity index (χ0) is 19.3. The Labute approximate surface area is 163 Å². The number of aromatic nitrogens is 4. The highest BCUT2D eigenvalue weighted by atomic mass is 16.6. The van der Waals surface area contributed by atoms with Crippen molar-refractivity contribution >= 4 is 5.78 Å². The zero-order valence-electron chi connectivity index (χ0n) is 15.7. The highest BCUT2D eigenvalue weighted by molar-refractivity contribution is 6.11. The minimum absolute atomic E-state index is 0.0847. The molecule has 0 spiro atoms. The van der Waals surface area contributed by atoms with Crippen LogP contribution in [-0.2, 0) is 6.42 Å². The van der Waals surface area contributed by atoms with E-state index in [1.54, 1.807) is 18.2 Å². The first-order valence-corrected chi connectivity index (χ1v) is 9.55. The minimum Gasteiger partial charge on any atom is -0.485 e. The molecule has 2 aromatic carbocycles. The monoisotopic (exact) mass is 378 g/mol. The highest BCUT2D eigenvalue weighted by Crippen LogP contribution is 2.39. The molecule has 0 amide bonds. The number of para-hydroxylation sites is 1. The molecule has 1 aliphatic rings.